The van der Waals surface area contributed by atoms with Gasteiger partial charge in [0.05, 0.1) is 33.2 Å². The maximum Gasteiger partial charge on any atom is 0.352 e. The van der Waals surface area contributed by atoms with Crippen LogP contribution in [0.1, 0.15) is 16.2 Å². The first-order chi connectivity index (χ1) is 21.8. The van der Waals surface area contributed by atoms with E-state index >= 15 is 0 Å². The van der Waals surface area contributed by atoms with E-state index in [1.165, 1.54) is 17.1 Å². The first kappa shape index (κ1) is 32.4. The van der Waals surface area contributed by atoms with Crippen LogP contribution in [0.2, 0.25) is 0 Å². The Kier molecular flexibility index (Phi) is 9.03. The summed E-state index contributed by atoms with van der Waals surface area (Å²) in [5.41, 5.74) is 4.99. The number of carbonyl (C=O) groups is 5. The lowest BCUT2D eigenvalue weighted by molar-refractivity contribution is -0.908. The Morgan fingerprint density at radius 1 is 1.24 bits per heavy atom. The van der Waals surface area contributed by atoms with Crippen molar-refractivity contribution in [2.24, 2.45) is 5.16 Å². The van der Waals surface area contributed by atoms with Crippen LogP contribution in [0.25, 0.3) is 0 Å². The van der Waals surface area contributed by atoms with E-state index in [0.717, 1.165) is 28.5 Å². The fraction of sp³-hybridized carbons (Fsp3) is 0.385. The molecule has 0 saturated carbocycles. The molecular weight excluding hydrogens is 648 g/mol. The number of aromatic hydroxyl groups is 1. The topological polar surface area (TPSA) is 258 Å². The van der Waals surface area contributed by atoms with Crippen LogP contribution in [0, 0.1) is 0 Å². The quantitative estimate of drug-likeness (QED) is 0.0708. The van der Waals surface area contributed by atoms with Gasteiger partial charge in [0, 0.05) is 29.0 Å². The second kappa shape index (κ2) is 12.8. The van der Waals surface area contributed by atoms with Crippen LogP contribution >= 0.6 is 23.1 Å². The van der Waals surface area contributed by atoms with E-state index in [0.29, 0.717) is 42.8 Å². The van der Waals surface area contributed by atoms with E-state index in [9.17, 15) is 39.0 Å². The number of hydrogen-bond acceptors (Lipinski definition) is 13. The molecule has 18 nitrogen and oxygen atoms in total. The number of likely N-dealkylation sites (N-methyl/N-ethyl adjacent to an activating group) is 1. The highest BCUT2D eigenvalue weighted by molar-refractivity contribution is 8.00. The molecule has 0 radical (unpaired) electrons. The average Bonchev–Trinajstić information content (AvgIpc) is 3.44. The number of anilines is 1. The Balaban J connectivity index is 1.26. The van der Waals surface area contributed by atoms with E-state index in [1.54, 1.807) is 4.90 Å². The first-order valence-corrected chi connectivity index (χ1v) is 15.6. The van der Waals surface area contributed by atoms with E-state index in [-0.39, 0.29) is 28.0 Å². The number of pyridine rings is 1. The molecule has 0 bridgehead atoms. The van der Waals surface area contributed by atoms with Crippen molar-refractivity contribution in [1.29, 1.82) is 0 Å². The summed E-state index contributed by atoms with van der Waals surface area (Å²) in [5.74, 6) is -4.79. The maximum absolute atomic E-state index is 13.3. The molecule has 244 valence electrons. The minimum Gasteiger partial charge on any atom is -0.503 e. The second-order valence-electron chi connectivity index (χ2n) is 10.9. The molecule has 2 saturated heterocycles. The van der Waals surface area contributed by atoms with Gasteiger partial charge in [-0.05, 0) is 0 Å². The molecule has 20 heteroatoms. The summed E-state index contributed by atoms with van der Waals surface area (Å²) in [7, 11) is 1.92. The van der Waals surface area contributed by atoms with Crippen LogP contribution in [0.15, 0.2) is 38.9 Å². The van der Waals surface area contributed by atoms with Gasteiger partial charge in [-0.3, -0.25) is 24.1 Å². The number of H-pyrrole nitrogens is 1. The zero-order valence-electron chi connectivity index (χ0n) is 24.2. The molecule has 3 amide bonds. The van der Waals surface area contributed by atoms with E-state index < -0.39 is 64.6 Å². The lowest BCUT2D eigenvalue weighted by Gasteiger charge is -2.50. The molecule has 3 aliphatic heterocycles. The monoisotopic (exact) mass is 677 g/mol. The number of nitrogens with two attached hydrogens (primary N) is 1. The molecule has 2 atom stereocenters. The van der Waals surface area contributed by atoms with Crippen LogP contribution in [0.4, 0.5) is 5.13 Å². The number of quaternary nitrogens is 1. The molecule has 0 unspecified atom stereocenters. The van der Waals surface area contributed by atoms with Crippen LogP contribution in [-0.4, -0.2) is 138 Å². The third-order valence-corrected chi connectivity index (χ3v) is 9.68. The van der Waals surface area contributed by atoms with Gasteiger partial charge >= 0.3 is 11.9 Å². The highest BCUT2D eigenvalue weighted by Crippen LogP contribution is 2.41. The number of thioether (sulfide) groups is 1. The van der Waals surface area contributed by atoms with Crippen LogP contribution < -0.4 is 16.5 Å². The van der Waals surface area contributed by atoms with Gasteiger partial charge in [-0.15, -0.1) is 23.1 Å². The van der Waals surface area contributed by atoms with Crippen molar-refractivity contribution in [1.82, 2.24) is 25.1 Å². The zero-order chi connectivity index (χ0) is 33.3. The summed E-state index contributed by atoms with van der Waals surface area (Å²) < 4.78 is 0.391. The number of aliphatic carboxylic acids is 2. The van der Waals surface area contributed by atoms with Gasteiger partial charge in [0.15, 0.2) is 16.6 Å². The summed E-state index contributed by atoms with van der Waals surface area (Å²) in [6.07, 6.45) is 1.06. The Morgan fingerprint density at radius 2 is 1.96 bits per heavy atom. The highest BCUT2D eigenvalue weighted by atomic mass is 32.2. The number of oxime groups is 1. The molecule has 0 aromatic carbocycles. The van der Waals surface area contributed by atoms with Gasteiger partial charge in [-0.2, -0.15) is 0 Å². The highest BCUT2D eigenvalue weighted by Gasteiger charge is 2.55. The molecule has 46 heavy (non-hydrogen) atoms. The number of nitrogen functional groups attached to an aromatic ring is 1. The summed E-state index contributed by atoms with van der Waals surface area (Å²) in [4.78, 5) is 88.3. The number of carbonyl (C=O) groups excluding carboxylic acids is 3. The number of amides is 3. The van der Waals surface area contributed by atoms with Gasteiger partial charge < -0.3 is 45.6 Å². The second-order valence-corrected chi connectivity index (χ2v) is 12.9. The van der Waals surface area contributed by atoms with E-state index in [4.69, 9.17) is 15.7 Å². The number of β-lactam (4-membered cyclic amide) rings is 1. The Labute approximate surface area is 267 Å². The Hall–Kier alpha value is -4.95. The Morgan fingerprint density at radius 3 is 2.57 bits per heavy atom. The van der Waals surface area contributed by atoms with Crippen molar-refractivity contribution >= 4 is 63.6 Å². The van der Waals surface area contributed by atoms with Gasteiger partial charge in [-0.1, -0.05) is 5.16 Å². The first-order valence-electron chi connectivity index (χ1n) is 13.7. The van der Waals surface area contributed by atoms with E-state index in [1.807, 2.05) is 7.05 Å². The predicted molar refractivity (Wildman–Crippen MR) is 162 cm³/mol. The van der Waals surface area contributed by atoms with Gasteiger partial charge in [0.2, 0.25) is 12.0 Å². The van der Waals surface area contributed by atoms with Crippen molar-refractivity contribution in [3.8, 4) is 5.75 Å². The molecule has 3 aliphatic rings. The smallest absolute Gasteiger partial charge is 0.352 e. The lowest BCUT2D eigenvalue weighted by atomic mass is 10.0. The van der Waals surface area contributed by atoms with E-state index in [2.05, 4.69) is 20.4 Å². The molecule has 5 rings (SSSR count). The summed E-state index contributed by atoms with van der Waals surface area (Å²) in [6, 6.07) is -0.0603. The number of carboxylic acid groups (broad SMARTS) is 2. The molecule has 0 aliphatic carbocycles. The normalized spacial score (nSPS) is 20.9. The molecule has 0 spiro atoms. The molecule has 2 fully saturated rings. The maximum atomic E-state index is 13.3. The number of fused-ring (bicyclic) bond motifs is 1. The van der Waals surface area contributed by atoms with Gasteiger partial charge in [-0.25, -0.2) is 14.6 Å². The number of nitrogens with one attached hydrogen (secondary N) is 2. The van der Waals surface area contributed by atoms with Crippen molar-refractivity contribution < 1.29 is 48.6 Å². The Bertz CT molecular complexity index is 1730. The van der Waals surface area contributed by atoms with Gasteiger partial charge in [0.1, 0.15) is 35.0 Å². The van der Waals surface area contributed by atoms with Crippen LogP contribution in [0.3, 0.4) is 0 Å². The minimum absolute atomic E-state index is 0.00818. The van der Waals surface area contributed by atoms with Crippen molar-refractivity contribution in [3.05, 3.63) is 50.5 Å². The number of thiazole rings is 1. The molecule has 7 N–H and O–H groups in total. The number of aromatic nitrogens is 2. The van der Waals surface area contributed by atoms with Crippen LogP contribution in [0.5, 0.6) is 5.75 Å². The third-order valence-electron chi connectivity index (χ3n) is 7.66. The SMILES string of the molecule is C[N+]1(CC2=C(C(=O)O)N3C(=O)[C@@H](NC(=O)C(=NOCC(=O)O)c4csc(N)n4)[C@H]3SC2)CCN(C(=O)c2cc(=O)c(O)c[nH]2)CC1. The number of nitrogens with zero attached hydrogens (tertiary/aromatic N) is 5. The van der Waals surface area contributed by atoms with Crippen molar-refractivity contribution in [2.45, 2.75) is 11.4 Å². The predicted octanol–water partition coefficient (Wildman–Crippen LogP) is -1.73. The molecule has 5 heterocycles. The molecule has 2 aromatic heterocycles. The largest absolute Gasteiger partial charge is 0.503 e. The molecule has 2 aromatic rings. The number of piperazine rings is 1. The fourth-order valence-corrected chi connectivity index (χ4v) is 7.18. The summed E-state index contributed by atoms with van der Waals surface area (Å²) in [6.45, 7) is 1.06. The van der Waals surface area contributed by atoms with Crippen LogP contribution in [-0.2, 0) is 24.0 Å². The van der Waals surface area contributed by atoms with Gasteiger partial charge in [0.25, 0.3) is 17.7 Å². The average molecular weight is 678 g/mol. The number of carboxylic acids is 2. The summed E-state index contributed by atoms with van der Waals surface area (Å²) in [5, 5.41) is 35.3. The number of aromatic amines is 1. The third kappa shape index (κ3) is 6.53. The zero-order valence-corrected chi connectivity index (χ0v) is 25.8. The summed E-state index contributed by atoms with van der Waals surface area (Å²) >= 11 is 2.29. The minimum atomic E-state index is -1.33. The fourth-order valence-electron chi connectivity index (χ4n) is 5.30. The standard InChI is InChI=1S/C26H28N8O10S2/c1-34(4-2-32(3-5-34)22(40)13-6-15(35)16(36)7-28-13)8-12-10-45-24-19(23(41)33(24)20(12)25(42)43)30-21(39)18(31-44-9-17(37)38)14-11-46-26(27)29-14/h6-7,11,19,24H,2-5,8-10H2,1H3,(H6-,27,28,29,30,31,35,36,37,38,39,40,42,43)/p+1/t19-,24-/m1/s1. The number of hydrogen-bond donors (Lipinski definition) is 6. The molecular formula is C26H29N8O10S2+. The van der Waals surface area contributed by atoms with Crippen molar-refractivity contribution in [2.75, 3.05) is 57.9 Å². The lowest BCUT2D eigenvalue weighted by Crippen LogP contribution is -2.71. The van der Waals surface area contributed by atoms with Crippen molar-refractivity contribution in [3.63, 3.8) is 0 Å². The number of rotatable bonds is 10.